The van der Waals surface area contributed by atoms with Gasteiger partial charge >= 0.3 is 0 Å². The second-order valence-corrected chi connectivity index (χ2v) is 10.3. The fraction of sp³-hybridized carbons (Fsp3) is 0.357. The Kier molecular flexibility index (Phi) is 6.44. The maximum Gasteiger partial charge on any atom is 0.0773 e. The lowest BCUT2D eigenvalue weighted by atomic mass is 9.72. The van der Waals surface area contributed by atoms with Gasteiger partial charge in [-0.25, -0.2) is 0 Å². The van der Waals surface area contributed by atoms with Gasteiger partial charge in [-0.15, -0.1) is 0 Å². The second-order valence-electron chi connectivity index (χ2n) is 9.08. The number of benzene rings is 3. The molecule has 2 bridgehead atoms. The number of ether oxygens (including phenoxy) is 1. The molecule has 3 aliphatic rings. The Hall–Kier alpha value is -1.69. The zero-order chi connectivity index (χ0) is 21.2. The molecule has 0 amide bonds. The summed E-state index contributed by atoms with van der Waals surface area (Å²) in [6.45, 7) is 5.24. The van der Waals surface area contributed by atoms with Crippen LogP contribution in [0.15, 0.2) is 78.9 Å². The van der Waals surface area contributed by atoms with Crippen LogP contribution in [0.25, 0.3) is 0 Å². The van der Waals surface area contributed by atoms with E-state index < -0.39 is 0 Å². The topological polar surface area (TPSA) is 12.5 Å². The van der Waals surface area contributed by atoms with Crippen LogP contribution in [0.5, 0.6) is 0 Å². The highest BCUT2D eigenvalue weighted by Gasteiger charge is 2.47. The van der Waals surface area contributed by atoms with Crippen molar-refractivity contribution in [2.24, 2.45) is 5.92 Å². The first kappa shape index (κ1) is 21.2. The number of piperidine rings is 3. The molecule has 2 atom stereocenters. The normalized spacial score (nSPS) is 25.1. The van der Waals surface area contributed by atoms with Gasteiger partial charge in [0.2, 0.25) is 0 Å². The van der Waals surface area contributed by atoms with Gasteiger partial charge in [0.15, 0.2) is 0 Å². The smallest absolute Gasteiger partial charge is 0.0773 e. The highest BCUT2D eigenvalue weighted by atomic mass is 127. The monoisotopic (exact) mass is 523 g/mol. The second kappa shape index (κ2) is 9.43. The molecule has 3 heterocycles. The third-order valence-corrected chi connectivity index (χ3v) is 7.62. The van der Waals surface area contributed by atoms with Crippen LogP contribution in [0.1, 0.15) is 41.0 Å². The maximum absolute atomic E-state index is 6.80. The van der Waals surface area contributed by atoms with Gasteiger partial charge in [0, 0.05) is 15.5 Å². The molecule has 3 aromatic rings. The van der Waals surface area contributed by atoms with Gasteiger partial charge in [0.05, 0.1) is 12.7 Å². The molecule has 0 aromatic heterocycles. The fourth-order valence-electron chi connectivity index (χ4n) is 5.66. The molecule has 0 saturated carbocycles. The molecule has 0 unspecified atom stereocenters. The molecule has 2 nitrogen and oxygen atoms in total. The minimum atomic E-state index is 0.256. The average molecular weight is 523 g/mol. The zero-order valence-electron chi connectivity index (χ0n) is 18.1. The summed E-state index contributed by atoms with van der Waals surface area (Å²) in [6, 6.07) is 29.2. The van der Waals surface area contributed by atoms with Crippen LogP contribution in [0, 0.1) is 16.4 Å². The molecule has 0 N–H and O–H groups in total. The predicted octanol–water partition coefficient (Wildman–Crippen LogP) is 6.41. The number of halogens is 1. The Morgan fingerprint density at radius 1 is 0.903 bits per heavy atom. The van der Waals surface area contributed by atoms with E-state index >= 15 is 0 Å². The maximum atomic E-state index is 6.80. The number of fused-ring (bicyclic) bond motifs is 3. The summed E-state index contributed by atoms with van der Waals surface area (Å²) in [5.41, 5.74) is 5.38. The molecule has 0 radical (unpaired) electrons. The van der Waals surface area contributed by atoms with E-state index in [1.807, 2.05) is 0 Å². The van der Waals surface area contributed by atoms with Gasteiger partial charge in [0.25, 0.3) is 0 Å². The molecule has 3 aliphatic heterocycles. The average Bonchev–Trinajstić information content (AvgIpc) is 2.80. The summed E-state index contributed by atoms with van der Waals surface area (Å²) >= 11 is 2.41. The molecule has 3 aromatic carbocycles. The van der Waals surface area contributed by atoms with Gasteiger partial charge in [-0.2, -0.15) is 0 Å². The SMILES string of the molecule is Cc1cc(I)cc(CO[C@@H]2C3CCN(CC3)[C@@H]2C(c2ccccc2)c2ccccc2)c1. The van der Waals surface area contributed by atoms with Crippen molar-refractivity contribution in [1.29, 1.82) is 0 Å². The fourth-order valence-corrected chi connectivity index (χ4v) is 6.55. The van der Waals surface area contributed by atoms with E-state index in [1.54, 1.807) is 0 Å². The number of nitrogens with zero attached hydrogens (tertiary/aromatic N) is 1. The third-order valence-electron chi connectivity index (χ3n) is 7.00. The lowest BCUT2D eigenvalue weighted by Crippen LogP contribution is -2.60. The summed E-state index contributed by atoms with van der Waals surface area (Å²) in [5, 5.41) is 0. The number of hydrogen-bond acceptors (Lipinski definition) is 2. The molecule has 3 fully saturated rings. The molecule has 160 valence electrons. The van der Waals surface area contributed by atoms with Crippen LogP contribution in [0.4, 0.5) is 0 Å². The van der Waals surface area contributed by atoms with E-state index in [0.717, 1.165) is 0 Å². The molecular formula is C28H30INO. The van der Waals surface area contributed by atoms with Crippen molar-refractivity contribution in [2.45, 2.75) is 44.4 Å². The first-order valence-corrected chi connectivity index (χ1v) is 12.5. The third kappa shape index (κ3) is 4.59. The van der Waals surface area contributed by atoms with Crippen molar-refractivity contribution < 1.29 is 4.74 Å². The van der Waals surface area contributed by atoms with E-state index in [-0.39, 0.29) is 6.10 Å². The van der Waals surface area contributed by atoms with Crippen molar-refractivity contribution in [1.82, 2.24) is 4.90 Å². The lowest BCUT2D eigenvalue weighted by Gasteiger charge is -2.53. The van der Waals surface area contributed by atoms with Crippen LogP contribution >= 0.6 is 22.6 Å². The van der Waals surface area contributed by atoms with Crippen LogP contribution in [0.3, 0.4) is 0 Å². The van der Waals surface area contributed by atoms with Gasteiger partial charge in [0.1, 0.15) is 0 Å². The van der Waals surface area contributed by atoms with E-state index in [9.17, 15) is 0 Å². The molecular weight excluding hydrogens is 493 g/mol. The Labute approximate surface area is 199 Å². The largest absolute Gasteiger partial charge is 0.372 e. The minimum Gasteiger partial charge on any atom is -0.372 e. The molecule has 3 saturated heterocycles. The van der Waals surface area contributed by atoms with Crippen LogP contribution in [-0.4, -0.2) is 30.1 Å². The van der Waals surface area contributed by atoms with E-state index in [4.69, 9.17) is 4.74 Å². The van der Waals surface area contributed by atoms with Crippen molar-refractivity contribution in [3.63, 3.8) is 0 Å². The van der Waals surface area contributed by atoms with E-state index in [2.05, 4.69) is 113 Å². The van der Waals surface area contributed by atoms with Crippen molar-refractivity contribution in [3.8, 4) is 0 Å². The minimum absolute atomic E-state index is 0.256. The summed E-state index contributed by atoms with van der Waals surface area (Å²) < 4.78 is 8.09. The Morgan fingerprint density at radius 2 is 1.52 bits per heavy atom. The van der Waals surface area contributed by atoms with Crippen LogP contribution < -0.4 is 0 Å². The molecule has 3 heteroatoms. The predicted molar refractivity (Wildman–Crippen MR) is 135 cm³/mol. The quantitative estimate of drug-likeness (QED) is 0.346. The Morgan fingerprint density at radius 3 is 2.10 bits per heavy atom. The number of rotatable bonds is 6. The summed E-state index contributed by atoms with van der Waals surface area (Å²) in [4.78, 5) is 2.70. The van der Waals surface area contributed by atoms with Gasteiger partial charge < -0.3 is 4.74 Å². The van der Waals surface area contributed by atoms with Crippen LogP contribution in [0.2, 0.25) is 0 Å². The highest BCUT2D eigenvalue weighted by Crippen LogP contribution is 2.43. The van der Waals surface area contributed by atoms with Crippen molar-refractivity contribution in [3.05, 3.63) is 105 Å². The van der Waals surface area contributed by atoms with E-state index in [0.29, 0.717) is 24.5 Å². The number of aryl methyl sites for hydroxylation is 1. The zero-order valence-corrected chi connectivity index (χ0v) is 20.2. The number of hydrogen-bond donors (Lipinski definition) is 0. The molecule has 0 spiro atoms. The van der Waals surface area contributed by atoms with Crippen LogP contribution in [-0.2, 0) is 11.3 Å². The van der Waals surface area contributed by atoms with Gasteiger partial charge in [-0.3, -0.25) is 4.90 Å². The first-order chi connectivity index (χ1) is 15.2. The highest BCUT2D eigenvalue weighted by molar-refractivity contribution is 14.1. The standard InChI is InChI=1S/C28H30INO/c1-20-16-21(18-25(29)17-20)19-31-28-24-12-14-30(15-13-24)27(28)26(22-8-4-2-5-9-22)23-10-6-3-7-11-23/h2-11,16-18,24,26-28H,12-15,19H2,1H3/t27-,28-/m1/s1. The van der Waals surface area contributed by atoms with Gasteiger partial charge in [-0.1, -0.05) is 66.7 Å². The Balaban J connectivity index is 1.49. The van der Waals surface area contributed by atoms with E-state index in [1.165, 1.54) is 51.8 Å². The molecule has 6 rings (SSSR count). The Bertz CT molecular complexity index is 938. The van der Waals surface area contributed by atoms with Gasteiger partial charge in [-0.05, 0) is 95.8 Å². The van der Waals surface area contributed by atoms with Crippen molar-refractivity contribution >= 4 is 22.6 Å². The summed E-state index contributed by atoms with van der Waals surface area (Å²) in [6.07, 6.45) is 2.76. The molecule has 0 aliphatic carbocycles. The van der Waals surface area contributed by atoms with Crippen molar-refractivity contribution in [2.75, 3.05) is 13.1 Å². The molecule has 31 heavy (non-hydrogen) atoms. The lowest BCUT2D eigenvalue weighted by molar-refractivity contribution is -0.120. The summed E-state index contributed by atoms with van der Waals surface area (Å²) in [5.74, 6) is 0.974. The first-order valence-electron chi connectivity index (χ1n) is 11.4. The summed E-state index contributed by atoms with van der Waals surface area (Å²) in [7, 11) is 0.